The molecule has 0 radical (unpaired) electrons. The Kier molecular flexibility index (Phi) is 0.557. The highest BCUT2D eigenvalue weighted by Crippen LogP contribution is 1.70. The molecule has 2 N–H and O–H groups in total. The lowest BCUT2D eigenvalue weighted by molar-refractivity contribution is 0.178. The SMILES string of the molecule is [O-]n1[nH][nH]n([O-])o1. The van der Waals surface area contributed by atoms with Gasteiger partial charge < -0.3 is 15.0 Å². The first-order valence-electron chi connectivity index (χ1n) is 1.43. The average Bonchev–Trinajstić information content (AvgIpc) is 1.87. The average molecular weight is 106 g/mol. The molecule has 0 aliphatic rings. The van der Waals surface area contributed by atoms with Gasteiger partial charge in [-0.2, -0.15) is 10.4 Å². The van der Waals surface area contributed by atoms with Crippen LogP contribution in [0.25, 0.3) is 0 Å². The van der Waals surface area contributed by atoms with Crippen molar-refractivity contribution in [2.45, 2.75) is 0 Å². The van der Waals surface area contributed by atoms with E-state index in [0.717, 1.165) is 0 Å². The smallest absolute Gasteiger partial charge is 0.117 e. The standard InChI is InChI=1S/H2N4O3/c5-3-1-2-4(6)7-3/h1-2H/q-2. The summed E-state index contributed by atoms with van der Waals surface area (Å²) in [5.74, 6) is 0. The number of nitrogens with zero attached hydrogens (tertiary/aromatic N) is 2. The summed E-state index contributed by atoms with van der Waals surface area (Å²) < 4.78 is 3.69. The van der Waals surface area contributed by atoms with Crippen LogP contribution in [-0.2, 0) is 0 Å². The molecule has 42 valence electrons. The fourth-order valence-electron chi connectivity index (χ4n) is 0.190. The molecular formula is H2N4O3-2. The van der Waals surface area contributed by atoms with Gasteiger partial charge in [0.25, 0.3) is 0 Å². The van der Waals surface area contributed by atoms with E-state index >= 15 is 0 Å². The molecule has 0 aliphatic carbocycles. The van der Waals surface area contributed by atoms with Crippen molar-refractivity contribution in [3.63, 3.8) is 0 Å². The highest BCUT2D eigenvalue weighted by molar-refractivity contribution is 4.27. The molecule has 0 aliphatic heterocycles. The summed E-state index contributed by atoms with van der Waals surface area (Å²) >= 11 is 0. The summed E-state index contributed by atoms with van der Waals surface area (Å²) in [7, 11) is 0. The van der Waals surface area contributed by atoms with Crippen LogP contribution in [0.3, 0.4) is 0 Å². The van der Waals surface area contributed by atoms with E-state index in [4.69, 9.17) is 0 Å². The van der Waals surface area contributed by atoms with Crippen LogP contribution in [0.5, 0.6) is 0 Å². The third-order valence-electron chi connectivity index (χ3n) is 0.381. The molecule has 0 bridgehead atoms. The van der Waals surface area contributed by atoms with Gasteiger partial charge in [-0.05, 0) is 0 Å². The molecule has 0 amide bonds. The van der Waals surface area contributed by atoms with Crippen LogP contribution in [0.1, 0.15) is 0 Å². The zero-order valence-electron chi connectivity index (χ0n) is 3.12. The minimum Gasteiger partial charge on any atom is -0.444 e. The van der Waals surface area contributed by atoms with E-state index in [1.165, 1.54) is 0 Å². The Hall–Kier alpha value is -1.40. The van der Waals surface area contributed by atoms with E-state index in [-0.39, 0.29) is 10.0 Å². The van der Waals surface area contributed by atoms with E-state index in [9.17, 15) is 10.4 Å². The molecule has 0 saturated carbocycles. The molecule has 1 heterocycles. The van der Waals surface area contributed by atoms with Crippen molar-refractivity contribution in [2.75, 3.05) is 0 Å². The van der Waals surface area contributed by atoms with E-state index in [1.54, 1.807) is 10.4 Å². The number of hydrogen-bond donors (Lipinski definition) is 2. The number of aromatic amines is 2. The molecule has 0 aromatic carbocycles. The van der Waals surface area contributed by atoms with E-state index < -0.39 is 0 Å². The summed E-state index contributed by atoms with van der Waals surface area (Å²) in [6.45, 7) is 0. The van der Waals surface area contributed by atoms with Crippen LogP contribution in [0.4, 0.5) is 0 Å². The zero-order valence-corrected chi connectivity index (χ0v) is 3.12. The Morgan fingerprint density at radius 2 is 1.57 bits per heavy atom. The largest absolute Gasteiger partial charge is 0.444 e. The highest BCUT2D eigenvalue weighted by Gasteiger charge is 1.66. The van der Waals surface area contributed by atoms with E-state index in [2.05, 4.69) is 4.63 Å². The first kappa shape index (κ1) is 3.78. The van der Waals surface area contributed by atoms with Crippen molar-refractivity contribution in [3.8, 4) is 0 Å². The Morgan fingerprint density at radius 3 is 1.71 bits per heavy atom. The lowest BCUT2D eigenvalue weighted by Gasteiger charge is -1.93. The van der Waals surface area contributed by atoms with Crippen molar-refractivity contribution in [1.82, 2.24) is 20.5 Å². The summed E-state index contributed by atoms with van der Waals surface area (Å²) in [5.41, 5.74) is 0. The normalized spacial score (nSPS) is 9.14. The topological polar surface area (TPSA) is 101 Å². The third-order valence-corrected chi connectivity index (χ3v) is 0.381. The lowest BCUT2D eigenvalue weighted by Crippen LogP contribution is -1.83. The molecule has 0 saturated heterocycles. The summed E-state index contributed by atoms with van der Waals surface area (Å²) in [6.07, 6.45) is 0. The molecule has 7 heteroatoms. The predicted octanol–water partition coefficient (Wildman–Crippen LogP) is -0.645. The third kappa shape index (κ3) is 0.538. The van der Waals surface area contributed by atoms with Gasteiger partial charge in [0.2, 0.25) is 0 Å². The fraction of sp³-hybridized carbons (Fsp3) is 0. The summed E-state index contributed by atoms with van der Waals surface area (Å²) in [6, 6.07) is 0. The monoisotopic (exact) mass is 106 g/mol. The Balaban J connectivity index is 3.04. The quantitative estimate of drug-likeness (QED) is 0.459. The van der Waals surface area contributed by atoms with E-state index in [0.29, 0.717) is 0 Å². The second-order valence-electron chi connectivity index (χ2n) is 0.819. The minimum atomic E-state index is -0.118. The number of H-pyrrole nitrogens is 2. The molecule has 0 atom stereocenters. The van der Waals surface area contributed by atoms with Crippen LogP contribution in [0.15, 0.2) is 4.63 Å². The molecule has 1 rings (SSSR count). The zero-order chi connectivity index (χ0) is 5.28. The number of aromatic nitrogens is 4. The van der Waals surface area contributed by atoms with E-state index in [1.807, 2.05) is 0 Å². The first-order chi connectivity index (χ1) is 3.29. The van der Waals surface area contributed by atoms with Gasteiger partial charge in [0.15, 0.2) is 0 Å². The molecule has 0 fully saturated rings. The second-order valence-corrected chi connectivity index (χ2v) is 0.819. The van der Waals surface area contributed by atoms with Crippen LogP contribution >= 0.6 is 0 Å². The maximum atomic E-state index is 9.73. The van der Waals surface area contributed by atoms with Crippen molar-refractivity contribution in [1.29, 1.82) is 0 Å². The Morgan fingerprint density at radius 1 is 1.14 bits per heavy atom. The number of rotatable bonds is 0. The molecule has 0 unspecified atom stereocenters. The van der Waals surface area contributed by atoms with Crippen molar-refractivity contribution in [3.05, 3.63) is 10.4 Å². The van der Waals surface area contributed by atoms with Gasteiger partial charge in [0, 0.05) is 0 Å². The van der Waals surface area contributed by atoms with Gasteiger partial charge in [-0.3, -0.25) is 0 Å². The predicted molar refractivity (Wildman–Crippen MR) is 18.5 cm³/mol. The molecular weight excluding hydrogens is 104 g/mol. The van der Waals surface area contributed by atoms with Crippen LogP contribution in [0, 0.1) is 10.4 Å². The highest BCUT2D eigenvalue weighted by atomic mass is 16.9. The molecule has 7 heavy (non-hydrogen) atoms. The van der Waals surface area contributed by atoms with Crippen molar-refractivity contribution >= 4 is 0 Å². The van der Waals surface area contributed by atoms with Crippen LogP contribution in [0.2, 0.25) is 0 Å². The van der Waals surface area contributed by atoms with Gasteiger partial charge in [-0.1, -0.05) is 0 Å². The maximum absolute atomic E-state index is 9.73. The van der Waals surface area contributed by atoms with Gasteiger partial charge in [-0.25, -0.2) is 0 Å². The maximum Gasteiger partial charge on any atom is -0.117 e. The molecule has 1 aromatic rings. The van der Waals surface area contributed by atoms with Gasteiger partial charge in [0.1, 0.15) is 0 Å². The summed E-state index contributed by atoms with van der Waals surface area (Å²) in [5, 5.41) is 22.8. The van der Waals surface area contributed by atoms with Crippen LogP contribution < -0.4 is 0 Å². The van der Waals surface area contributed by atoms with Crippen molar-refractivity contribution < 1.29 is 4.63 Å². The van der Waals surface area contributed by atoms with Gasteiger partial charge >= 0.3 is 0 Å². The summed E-state index contributed by atoms with van der Waals surface area (Å²) in [4.78, 5) is 0. The first-order valence-corrected chi connectivity index (χ1v) is 1.43. The molecule has 0 spiro atoms. The Bertz CT molecular complexity index is 139. The molecule has 7 nitrogen and oxygen atoms in total. The van der Waals surface area contributed by atoms with Gasteiger partial charge in [0.05, 0.1) is 0 Å². The van der Waals surface area contributed by atoms with Crippen molar-refractivity contribution in [2.24, 2.45) is 0 Å². The lowest BCUT2D eigenvalue weighted by atomic mass is 12.6. The number of hydrogen-bond acceptors (Lipinski definition) is 3. The Labute approximate surface area is 36.8 Å². The molecule has 1 aromatic heterocycles. The number of nitrogens with one attached hydrogen (secondary N) is 2. The van der Waals surface area contributed by atoms with Crippen LogP contribution in [-0.4, -0.2) is 20.5 Å². The minimum absolute atomic E-state index is 0.118. The fourth-order valence-corrected chi connectivity index (χ4v) is 0.190. The second kappa shape index (κ2) is 1.03. The van der Waals surface area contributed by atoms with Gasteiger partial charge in [-0.15, -0.1) is 10.0 Å².